The first kappa shape index (κ1) is 16.9. The second-order valence-electron chi connectivity index (χ2n) is 6.25. The Morgan fingerprint density at radius 2 is 2.21 bits per heavy atom. The maximum absolute atomic E-state index is 12.4. The Morgan fingerprint density at radius 3 is 2.96 bits per heavy atom. The molecule has 2 atom stereocenters. The molecule has 0 aromatic heterocycles. The molecule has 130 valence electrons. The monoisotopic (exact) mass is 350 g/mol. The second kappa shape index (κ2) is 6.52. The van der Waals surface area contributed by atoms with Crippen molar-refractivity contribution in [2.45, 2.75) is 43.2 Å². The van der Waals surface area contributed by atoms with Crippen LogP contribution in [0.15, 0.2) is 34.2 Å². The Labute approximate surface area is 142 Å². The molecular formula is C16H22N4O3S. The zero-order valence-corrected chi connectivity index (χ0v) is 14.4. The van der Waals surface area contributed by atoms with Gasteiger partial charge in [0.1, 0.15) is 5.84 Å². The number of aliphatic imine (C=N–C) groups is 1. The van der Waals surface area contributed by atoms with E-state index < -0.39 is 10.0 Å². The number of benzene rings is 1. The molecule has 2 heterocycles. The SMILES string of the molecule is CC(CC(=O)N1CCCC1CN)N=C1NS(=O)(=O)c2ccccc21. The topological polar surface area (TPSA) is 105 Å². The van der Waals surface area contributed by atoms with Crippen LogP contribution in [0.1, 0.15) is 31.7 Å². The highest BCUT2D eigenvalue weighted by Gasteiger charge is 2.32. The molecule has 1 fully saturated rings. The summed E-state index contributed by atoms with van der Waals surface area (Å²) in [4.78, 5) is 18.9. The standard InChI is InChI=1S/C16H22N4O3S/c1-11(9-15(21)20-8-4-5-12(20)10-17)18-16-13-6-2-3-7-14(13)24(22,23)19-16/h2-3,6-7,11-12H,4-5,8-10,17H2,1H3,(H,18,19). The number of carbonyl (C=O) groups excluding carboxylic acids is 1. The number of amides is 1. The molecule has 1 amide bonds. The predicted octanol–water partition coefficient (Wildman–Crippen LogP) is 0.453. The highest BCUT2D eigenvalue weighted by atomic mass is 32.2. The van der Waals surface area contributed by atoms with Crippen LogP contribution in [0.5, 0.6) is 0 Å². The van der Waals surface area contributed by atoms with Crippen molar-refractivity contribution in [1.82, 2.24) is 9.62 Å². The highest BCUT2D eigenvalue weighted by molar-refractivity contribution is 7.90. The quantitative estimate of drug-likeness (QED) is 0.822. The summed E-state index contributed by atoms with van der Waals surface area (Å²) in [5, 5.41) is 0. The minimum absolute atomic E-state index is 0.0222. The average molecular weight is 350 g/mol. The summed E-state index contributed by atoms with van der Waals surface area (Å²) in [5.74, 6) is 0.330. The largest absolute Gasteiger partial charge is 0.338 e. The van der Waals surface area contributed by atoms with Crippen LogP contribution in [-0.2, 0) is 14.8 Å². The number of hydrogen-bond donors (Lipinski definition) is 2. The van der Waals surface area contributed by atoms with Crippen molar-refractivity contribution >= 4 is 21.8 Å². The molecule has 0 aliphatic carbocycles. The van der Waals surface area contributed by atoms with Crippen molar-refractivity contribution in [3.8, 4) is 0 Å². The molecule has 7 nitrogen and oxygen atoms in total. The van der Waals surface area contributed by atoms with E-state index in [1.165, 1.54) is 0 Å². The van der Waals surface area contributed by atoms with E-state index in [9.17, 15) is 13.2 Å². The Morgan fingerprint density at radius 1 is 1.46 bits per heavy atom. The van der Waals surface area contributed by atoms with Crippen LogP contribution in [0, 0.1) is 0 Å². The van der Waals surface area contributed by atoms with E-state index in [4.69, 9.17) is 5.73 Å². The number of rotatable bonds is 4. The van der Waals surface area contributed by atoms with E-state index in [-0.39, 0.29) is 29.3 Å². The summed E-state index contributed by atoms with van der Waals surface area (Å²) < 4.78 is 26.6. The third kappa shape index (κ3) is 3.16. The minimum atomic E-state index is -3.55. The molecule has 24 heavy (non-hydrogen) atoms. The van der Waals surface area contributed by atoms with Crippen LogP contribution < -0.4 is 10.5 Å². The smallest absolute Gasteiger partial charge is 0.263 e. The molecule has 3 rings (SSSR count). The predicted molar refractivity (Wildman–Crippen MR) is 91.2 cm³/mol. The molecular weight excluding hydrogens is 328 g/mol. The van der Waals surface area contributed by atoms with Crippen LogP contribution in [0.3, 0.4) is 0 Å². The number of hydrogen-bond acceptors (Lipinski definition) is 5. The summed E-state index contributed by atoms with van der Waals surface area (Å²) in [6.07, 6.45) is 2.16. The van der Waals surface area contributed by atoms with E-state index in [0.29, 0.717) is 17.9 Å². The van der Waals surface area contributed by atoms with Gasteiger partial charge in [0.25, 0.3) is 10.0 Å². The lowest BCUT2D eigenvalue weighted by Crippen LogP contribution is -2.40. The Hall–Kier alpha value is -1.93. The number of fused-ring (bicyclic) bond motifs is 1. The summed E-state index contributed by atoms with van der Waals surface area (Å²) in [6, 6.07) is 6.50. The number of nitrogens with two attached hydrogens (primary N) is 1. The van der Waals surface area contributed by atoms with Gasteiger partial charge in [-0.2, -0.15) is 0 Å². The summed E-state index contributed by atoms with van der Waals surface area (Å²) in [7, 11) is -3.55. The third-order valence-corrected chi connectivity index (χ3v) is 5.85. The number of amidine groups is 1. The molecule has 1 saturated heterocycles. The van der Waals surface area contributed by atoms with Gasteiger partial charge in [-0.05, 0) is 31.9 Å². The van der Waals surface area contributed by atoms with Crippen molar-refractivity contribution in [3.63, 3.8) is 0 Å². The van der Waals surface area contributed by atoms with Crippen molar-refractivity contribution in [3.05, 3.63) is 29.8 Å². The fourth-order valence-corrected chi connectivity index (χ4v) is 4.51. The number of likely N-dealkylation sites (tertiary alicyclic amines) is 1. The van der Waals surface area contributed by atoms with Crippen LogP contribution in [-0.4, -0.2) is 50.2 Å². The fraction of sp³-hybridized carbons (Fsp3) is 0.500. The van der Waals surface area contributed by atoms with Gasteiger partial charge in [0.2, 0.25) is 5.91 Å². The molecule has 0 radical (unpaired) electrons. The zero-order valence-electron chi connectivity index (χ0n) is 13.6. The lowest BCUT2D eigenvalue weighted by atomic mass is 10.1. The van der Waals surface area contributed by atoms with Gasteiger partial charge in [0.15, 0.2) is 0 Å². The fourth-order valence-electron chi connectivity index (χ4n) is 3.27. The Kier molecular flexibility index (Phi) is 4.60. The molecule has 0 spiro atoms. The maximum atomic E-state index is 12.4. The Balaban J connectivity index is 1.74. The number of nitrogens with zero attached hydrogens (tertiary/aromatic N) is 2. The van der Waals surface area contributed by atoms with E-state index in [2.05, 4.69) is 9.71 Å². The van der Waals surface area contributed by atoms with Gasteiger partial charge in [0.05, 0.1) is 10.9 Å². The second-order valence-corrected chi connectivity index (χ2v) is 7.90. The minimum Gasteiger partial charge on any atom is -0.338 e. The molecule has 8 heteroatoms. The summed E-state index contributed by atoms with van der Waals surface area (Å²) in [5.41, 5.74) is 6.26. The van der Waals surface area contributed by atoms with Gasteiger partial charge in [-0.1, -0.05) is 12.1 Å². The number of sulfonamides is 1. The van der Waals surface area contributed by atoms with Gasteiger partial charge < -0.3 is 10.6 Å². The van der Waals surface area contributed by atoms with E-state index >= 15 is 0 Å². The summed E-state index contributed by atoms with van der Waals surface area (Å²) in [6.45, 7) is 3.02. The zero-order chi connectivity index (χ0) is 17.3. The van der Waals surface area contributed by atoms with Crippen molar-refractivity contribution in [1.29, 1.82) is 0 Å². The first-order valence-corrected chi connectivity index (χ1v) is 9.60. The lowest BCUT2D eigenvalue weighted by Gasteiger charge is -2.24. The van der Waals surface area contributed by atoms with Gasteiger partial charge in [-0.25, -0.2) is 8.42 Å². The molecule has 1 aromatic carbocycles. The van der Waals surface area contributed by atoms with Crippen LogP contribution in [0.2, 0.25) is 0 Å². The van der Waals surface area contributed by atoms with Gasteiger partial charge in [0, 0.05) is 31.1 Å². The third-order valence-electron chi connectivity index (χ3n) is 4.45. The molecule has 0 bridgehead atoms. The molecule has 0 saturated carbocycles. The Bertz CT molecular complexity index is 775. The first-order valence-electron chi connectivity index (χ1n) is 8.12. The van der Waals surface area contributed by atoms with Crippen molar-refractivity contribution in [2.75, 3.05) is 13.1 Å². The molecule has 2 unspecified atom stereocenters. The van der Waals surface area contributed by atoms with Gasteiger partial charge in [-0.3, -0.25) is 14.5 Å². The van der Waals surface area contributed by atoms with Gasteiger partial charge >= 0.3 is 0 Å². The van der Waals surface area contributed by atoms with Crippen molar-refractivity contribution < 1.29 is 13.2 Å². The lowest BCUT2D eigenvalue weighted by molar-refractivity contribution is -0.132. The first-order chi connectivity index (χ1) is 11.4. The van der Waals surface area contributed by atoms with E-state index in [1.54, 1.807) is 24.3 Å². The molecule has 2 aliphatic heterocycles. The molecule has 1 aromatic rings. The highest BCUT2D eigenvalue weighted by Crippen LogP contribution is 2.23. The van der Waals surface area contributed by atoms with E-state index in [1.807, 2.05) is 11.8 Å². The average Bonchev–Trinajstić information content (AvgIpc) is 3.11. The normalized spacial score (nSPS) is 24.7. The van der Waals surface area contributed by atoms with E-state index in [0.717, 1.165) is 19.4 Å². The van der Waals surface area contributed by atoms with Crippen LogP contribution >= 0.6 is 0 Å². The number of carbonyl (C=O) groups is 1. The maximum Gasteiger partial charge on any atom is 0.263 e. The number of nitrogens with one attached hydrogen (secondary N) is 1. The van der Waals surface area contributed by atoms with Crippen molar-refractivity contribution in [2.24, 2.45) is 10.7 Å². The molecule has 2 aliphatic rings. The summed E-state index contributed by atoms with van der Waals surface area (Å²) >= 11 is 0. The van der Waals surface area contributed by atoms with Gasteiger partial charge in [-0.15, -0.1) is 0 Å². The van der Waals surface area contributed by atoms with Crippen LogP contribution in [0.25, 0.3) is 0 Å². The molecule has 3 N–H and O–H groups in total. The van der Waals surface area contributed by atoms with Crippen LogP contribution in [0.4, 0.5) is 0 Å².